The topological polar surface area (TPSA) is 87.5 Å². The Hall–Kier alpha value is -4.06. The van der Waals surface area contributed by atoms with Crippen LogP contribution >= 0.6 is 0 Å². The second-order valence-corrected chi connectivity index (χ2v) is 7.15. The van der Waals surface area contributed by atoms with Gasteiger partial charge in [-0.25, -0.2) is 0 Å². The Morgan fingerprint density at radius 2 is 1.45 bits per heavy atom. The molecule has 0 heterocycles. The van der Waals surface area contributed by atoms with E-state index >= 15 is 0 Å². The molecule has 0 spiro atoms. The summed E-state index contributed by atoms with van der Waals surface area (Å²) in [6.45, 7) is 4.63. The normalized spacial score (nSPS) is 11.5. The number of nitrogens with one attached hydrogen (secondary N) is 1. The van der Waals surface area contributed by atoms with Gasteiger partial charge >= 0.3 is 0 Å². The van der Waals surface area contributed by atoms with Crippen molar-refractivity contribution < 1.29 is 0 Å². The first-order valence-electron chi connectivity index (χ1n) is 10.2. The molecule has 31 heavy (non-hydrogen) atoms. The number of fused-ring (bicyclic) bond motifs is 1. The zero-order valence-electron chi connectivity index (χ0n) is 17.6. The molecule has 4 aromatic carbocycles. The highest BCUT2D eigenvalue weighted by Gasteiger charge is 2.14. The van der Waals surface area contributed by atoms with Gasteiger partial charge < -0.3 is 11.1 Å². The van der Waals surface area contributed by atoms with E-state index < -0.39 is 0 Å². The lowest BCUT2D eigenvalue weighted by atomic mass is 10.1. The molecule has 6 heteroatoms. The third-order valence-corrected chi connectivity index (χ3v) is 4.91. The fraction of sp³-hybridized carbons (Fsp3) is 0.120. The summed E-state index contributed by atoms with van der Waals surface area (Å²) in [6.07, 6.45) is 0. The number of anilines is 2. The van der Waals surface area contributed by atoms with Crippen molar-refractivity contribution in [3.63, 3.8) is 0 Å². The van der Waals surface area contributed by atoms with Gasteiger partial charge in [0.1, 0.15) is 11.4 Å². The first kappa shape index (κ1) is 20.2. The van der Waals surface area contributed by atoms with Crippen molar-refractivity contribution in [2.24, 2.45) is 20.5 Å². The van der Waals surface area contributed by atoms with Crippen LogP contribution in [0.25, 0.3) is 10.8 Å². The van der Waals surface area contributed by atoms with E-state index in [0.717, 1.165) is 33.4 Å². The lowest BCUT2D eigenvalue weighted by Crippen LogP contribution is -2.00. The summed E-state index contributed by atoms with van der Waals surface area (Å²) in [5.74, 6) is 0. The summed E-state index contributed by atoms with van der Waals surface area (Å²) in [6, 6.07) is 25.7. The van der Waals surface area contributed by atoms with Crippen LogP contribution in [0.5, 0.6) is 0 Å². The Kier molecular flexibility index (Phi) is 5.98. The number of rotatable bonds is 6. The van der Waals surface area contributed by atoms with Crippen LogP contribution in [0.3, 0.4) is 0 Å². The molecule has 0 aliphatic carbocycles. The molecule has 0 aliphatic rings. The highest BCUT2D eigenvalue weighted by atomic mass is 15.2. The van der Waals surface area contributed by atoms with Crippen LogP contribution in [-0.4, -0.2) is 6.54 Å². The largest absolute Gasteiger partial charge is 0.397 e. The van der Waals surface area contributed by atoms with Crippen LogP contribution in [-0.2, 0) is 0 Å². The van der Waals surface area contributed by atoms with Crippen molar-refractivity contribution >= 4 is 44.9 Å². The van der Waals surface area contributed by atoms with Gasteiger partial charge in [-0.2, -0.15) is 10.2 Å². The van der Waals surface area contributed by atoms with Crippen LogP contribution in [0.1, 0.15) is 12.5 Å². The molecule has 0 aromatic heterocycles. The molecule has 0 fully saturated rings. The number of nitrogen functional groups attached to an aromatic ring is 1. The van der Waals surface area contributed by atoms with E-state index in [0.29, 0.717) is 23.6 Å². The average Bonchev–Trinajstić information content (AvgIpc) is 2.81. The number of nitrogens with zero attached hydrogens (tertiary/aromatic N) is 4. The molecule has 3 N–H and O–H groups in total. The van der Waals surface area contributed by atoms with Crippen molar-refractivity contribution in [3.8, 4) is 0 Å². The quantitative estimate of drug-likeness (QED) is 0.250. The molecule has 4 aromatic rings. The van der Waals surface area contributed by atoms with E-state index in [1.165, 1.54) is 0 Å². The lowest BCUT2D eigenvalue weighted by molar-refractivity contribution is 1.16. The number of benzene rings is 4. The molecule has 0 bridgehead atoms. The summed E-state index contributed by atoms with van der Waals surface area (Å²) in [7, 11) is 0. The SMILES string of the molecule is CCNc1c(N=Nc2ccccc2)cc(C)c(N)c1N=Nc1ccc2ccccc2c1. The summed E-state index contributed by atoms with van der Waals surface area (Å²) in [5, 5.41) is 23.4. The molecule has 0 radical (unpaired) electrons. The van der Waals surface area contributed by atoms with E-state index in [1.54, 1.807) is 0 Å². The molecule has 154 valence electrons. The monoisotopic (exact) mass is 408 g/mol. The van der Waals surface area contributed by atoms with Crippen LogP contribution in [0.4, 0.5) is 34.1 Å². The van der Waals surface area contributed by atoms with E-state index in [1.807, 2.05) is 80.6 Å². The molecule has 6 nitrogen and oxygen atoms in total. The van der Waals surface area contributed by atoms with Gasteiger partial charge in [0.15, 0.2) is 0 Å². The predicted molar refractivity (Wildman–Crippen MR) is 128 cm³/mol. The average molecular weight is 409 g/mol. The molecular weight excluding hydrogens is 384 g/mol. The number of aryl methyl sites for hydroxylation is 1. The molecule has 0 saturated carbocycles. The summed E-state index contributed by atoms with van der Waals surface area (Å²) in [4.78, 5) is 0. The van der Waals surface area contributed by atoms with Gasteiger partial charge in [0.05, 0.1) is 22.7 Å². The first-order valence-corrected chi connectivity index (χ1v) is 10.2. The fourth-order valence-corrected chi connectivity index (χ4v) is 3.28. The summed E-state index contributed by atoms with van der Waals surface area (Å²) in [5.41, 5.74) is 11.3. The zero-order valence-corrected chi connectivity index (χ0v) is 17.6. The second kappa shape index (κ2) is 9.17. The van der Waals surface area contributed by atoms with Gasteiger partial charge in [-0.3, -0.25) is 0 Å². The lowest BCUT2D eigenvalue weighted by Gasteiger charge is -2.14. The van der Waals surface area contributed by atoms with Gasteiger partial charge in [-0.05, 0) is 60.5 Å². The fourth-order valence-electron chi connectivity index (χ4n) is 3.28. The number of nitrogens with two attached hydrogens (primary N) is 1. The van der Waals surface area contributed by atoms with Crippen molar-refractivity contribution in [2.45, 2.75) is 13.8 Å². The van der Waals surface area contributed by atoms with Gasteiger partial charge in [0.25, 0.3) is 0 Å². The smallest absolute Gasteiger partial charge is 0.134 e. The van der Waals surface area contributed by atoms with Crippen LogP contribution < -0.4 is 11.1 Å². The highest BCUT2D eigenvalue weighted by molar-refractivity contribution is 5.89. The van der Waals surface area contributed by atoms with Crippen LogP contribution in [0.15, 0.2) is 99.3 Å². The summed E-state index contributed by atoms with van der Waals surface area (Å²) < 4.78 is 0. The Morgan fingerprint density at radius 3 is 2.23 bits per heavy atom. The van der Waals surface area contributed by atoms with Gasteiger partial charge in [-0.1, -0.05) is 48.5 Å². The molecular formula is C25H24N6. The Bertz CT molecular complexity index is 1260. The number of azo groups is 2. The maximum Gasteiger partial charge on any atom is 0.134 e. The standard InChI is InChI=1S/C25H24N6/c1-3-27-24-22(30-28-20-11-5-4-6-12-20)15-17(2)23(26)25(24)31-29-21-14-13-18-9-7-8-10-19(18)16-21/h4-16,27H,3,26H2,1-2H3. The summed E-state index contributed by atoms with van der Waals surface area (Å²) >= 11 is 0. The molecule has 4 rings (SSSR count). The van der Waals surface area contributed by atoms with Gasteiger partial charge in [0, 0.05) is 6.54 Å². The van der Waals surface area contributed by atoms with Crippen LogP contribution in [0.2, 0.25) is 0 Å². The van der Waals surface area contributed by atoms with E-state index in [4.69, 9.17) is 5.73 Å². The molecule has 0 aliphatic heterocycles. The van der Waals surface area contributed by atoms with E-state index in [2.05, 4.69) is 37.9 Å². The molecule has 0 atom stereocenters. The highest BCUT2D eigenvalue weighted by Crippen LogP contribution is 2.43. The van der Waals surface area contributed by atoms with Crippen molar-refractivity contribution in [3.05, 3.63) is 84.4 Å². The van der Waals surface area contributed by atoms with Crippen molar-refractivity contribution in [1.82, 2.24) is 0 Å². The minimum Gasteiger partial charge on any atom is -0.397 e. The van der Waals surface area contributed by atoms with Gasteiger partial charge in [0.2, 0.25) is 0 Å². The maximum absolute atomic E-state index is 6.38. The molecule has 0 amide bonds. The molecule has 0 saturated heterocycles. The number of hydrogen-bond donors (Lipinski definition) is 2. The van der Waals surface area contributed by atoms with Crippen molar-refractivity contribution in [1.29, 1.82) is 0 Å². The Labute approximate surface area is 181 Å². The molecule has 0 unspecified atom stereocenters. The number of hydrogen-bond acceptors (Lipinski definition) is 6. The zero-order chi connectivity index (χ0) is 21.6. The minimum absolute atomic E-state index is 0.567. The predicted octanol–water partition coefficient (Wildman–Crippen LogP) is 7.99. The third-order valence-electron chi connectivity index (χ3n) is 4.91. The third kappa shape index (κ3) is 4.59. The van der Waals surface area contributed by atoms with E-state index in [9.17, 15) is 0 Å². The van der Waals surface area contributed by atoms with Crippen LogP contribution in [0, 0.1) is 6.92 Å². The van der Waals surface area contributed by atoms with Crippen molar-refractivity contribution in [2.75, 3.05) is 17.6 Å². The minimum atomic E-state index is 0.567. The van der Waals surface area contributed by atoms with E-state index in [-0.39, 0.29) is 0 Å². The van der Waals surface area contributed by atoms with Gasteiger partial charge in [-0.15, -0.1) is 10.2 Å². The first-order chi connectivity index (χ1) is 15.2. The second-order valence-electron chi connectivity index (χ2n) is 7.15. The maximum atomic E-state index is 6.38. The Morgan fingerprint density at radius 1 is 0.742 bits per heavy atom. The Balaban J connectivity index is 1.75.